The van der Waals surface area contributed by atoms with Crippen molar-refractivity contribution >= 4 is 59.2 Å². The Labute approximate surface area is 206 Å². The highest BCUT2D eigenvalue weighted by molar-refractivity contribution is 7.72. The van der Waals surface area contributed by atoms with Crippen LogP contribution in [0.25, 0.3) is 0 Å². The van der Waals surface area contributed by atoms with E-state index >= 15 is 0 Å². The second-order valence-corrected chi connectivity index (χ2v) is 9.21. The van der Waals surface area contributed by atoms with Crippen LogP contribution < -0.4 is 19.5 Å². The van der Waals surface area contributed by atoms with Crippen molar-refractivity contribution in [2.24, 2.45) is 0 Å². The molecule has 6 nitrogen and oxygen atoms in total. The van der Waals surface area contributed by atoms with Crippen molar-refractivity contribution in [2.45, 2.75) is 0 Å². The van der Waals surface area contributed by atoms with Gasteiger partial charge < -0.3 is 14.2 Å². The average molecular weight is 527 g/mol. The van der Waals surface area contributed by atoms with Gasteiger partial charge in [-0.2, -0.15) is 0 Å². The summed E-state index contributed by atoms with van der Waals surface area (Å²) in [5, 5.41) is -0.613. The molecule has 3 aromatic carbocycles. The van der Waals surface area contributed by atoms with Gasteiger partial charge in [0, 0.05) is 17.7 Å². The van der Waals surface area contributed by atoms with Crippen molar-refractivity contribution in [1.29, 1.82) is 0 Å². The minimum Gasteiger partial charge on any atom is -0.496 e. The number of rotatable bonds is 8. The molecule has 0 amide bonds. The van der Waals surface area contributed by atoms with Crippen LogP contribution in [0.4, 0.5) is 0 Å². The molecule has 3 aromatic rings. The van der Waals surface area contributed by atoms with Gasteiger partial charge in [-0.3, -0.25) is 4.79 Å². The Morgan fingerprint density at radius 2 is 1.36 bits per heavy atom. The molecule has 1 atom stereocenters. The van der Waals surface area contributed by atoms with Gasteiger partial charge in [0.1, 0.15) is 22.3 Å². The Bertz CT molecular complexity index is 1240. The average Bonchev–Trinajstić information content (AvgIpc) is 2.82. The maximum atomic E-state index is 13.4. The van der Waals surface area contributed by atoms with Gasteiger partial charge in [-0.1, -0.05) is 69.7 Å². The smallest absolute Gasteiger partial charge is 0.462 e. The van der Waals surface area contributed by atoms with Gasteiger partial charge in [-0.25, -0.2) is 4.79 Å². The molecule has 0 radical (unpaired) electrons. The van der Waals surface area contributed by atoms with Gasteiger partial charge in [-0.15, -0.1) is 0 Å². The molecular weight excluding hydrogens is 510 g/mol. The quantitative estimate of drug-likeness (QED) is 0.257. The van der Waals surface area contributed by atoms with Crippen LogP contribution in [0.1, 0.15) is 26.3 Å². The summed E-state index contributed by atoms with van der Waals surface area (Å²) in [6, 6.07) is 12.4. The number of halogens is 3. The molecule has 0 aromatic heterocycles. The molecule has 0 heterocycles. The fraction of sp³-hybridized carbons (Fsp3) is 0.130. The van der Waals surface area contributed by atoms with Crippen LogP contribution in [0.5, 0.6) is 17.2 Å². The molecule has 0 aliphatic carbocycles. The number of carbonyl (C=O) groups excluding carboxylic acids is 2. The van der Waals surface area contributed by atoms with Crippen molar-refractivity contribution in [3.05, 3.63) is 80.3 Å². The number of benzene rings is 3. The third-order valence-corrected chi connectivity index (χ3v) is 7.43. The first-order valence-corrected chi connectivity index (χ1v) is 11.7. The van der Waals surface area contributed by atoms with E-state index in [4.69, 9.17) is 49.0 Å². The highest BCUT2D eigenvalue weighted by atomic mass is 35.5. The monoisotopic (exact) mass is 525 g/mol. The third kappa shape index (κ3) is 4.85. The highest BCUT2D eigenvalue weighted by Crippen LogP contribution is 2.43. The minimum atomic E-state index is -2.90. The van der Waals surface area contributed by atoms with E-state index in [1.165, 1.54) is 39.5 Å². The van der Waals surface area contributed by atoms with E-state index in [1.807, 2.05) is 0 Å². The summed E-state index contributed by atoms with van der Waals surface area (Å²) in [4.78, 5) is 26.4. The normalized spacial score (nSPS) is 11.0. The molecule has 33 heavy (non-hydrogen) atoms. The Balaban J connectivity index is 2.16. The molecule has 0 aliphatic heterocycles. The molecule has 0 saturated heterocycles. The van der Waals surface area contributed by atoms with E-state index in [0.29, 0.717) is 11.3 Å². The van der Waals surface area contributed by atoms with Gasteiger partial charge in [0.2, 0.25) is 5.30 Å². The zero-order valence-electron chi connectivity index (χ0n) is 17.6. The maximum absolute atomic E-state index is 13.4. The molecule has 1 unspecified atom stereocenters. The van der Waals surface area contributed by atoms with E-state index in [-0.39, 0.29) is 43.0 Å². The fourth-order valence-corrected chi connectivity index (χ4v) is 5.70. The summed E-state index contributed by atoms with van der Waals surface area (Å²) < 4.78 is 29.2. The second kappa shape index (κ2) is 10.5. The number of carbonyl (C=O) groups is 2. The first-order valence-electron chi connectivity index (χ1n) is 9.33. The number of ether oxygens (including phenoxy) is 3. The second-order valence-electron chi connectivity index (χ2n) is 6.58. The predicted octanol–water partition coefficient (Wildman–Crippen LogP) is 6.20. The van der Waals surface area contributed by atoms with E-state index in [9.17, 15) is 14.2 Å². The van der Waals surface area contributed by atoms with Gasteiger partial charge in [0.25, 0.3) is 0 Å². The van der Waals surface area contributed by atoms with Crippen LogP contribution in [-0.2, 0) is 4.57 Å². The van der Waals surface area contributed by atoms with Crippen LogP contribution in [0.3, 0.4) is 0 Å². The fourth-order valence-electron chi connectivity index (χ4n) is 3.13. The topological polar surface area (TPSA) is 78.9 Å². The molecular formula is C23H17Cl3O6P+. The molecule has 0 N–H and O–H groups in total. The highest BCUT2D eigenvalue weighted by Gasteiger charge is 2.43. The summed E-state index contributed by atoms with van der Waals surface area (Å²) in [6.45, 7) is 0. The predicted molar refractivity (Wildman–Crippen MR) is 129 cm³/mol. The zero-order chi connectivity index (χ0) is 24.3. The van der Waals surface area contributed by atoms with E-state index in [1.54, 1.807) is 30.3 Å². The molecule has 170 valence electrons. The Morgan fingerprint density at radius 3 is 1.88 bits per heavy atom. The van der Waals surface area contributed by atoms with Gasteiger partial charge >= 0.3 is 13.3 Å². The van der Waals surface area contributed by atoms with Crippen molar-refractivity contribution in [3.8, 4) is 17.2 Å². The van der Waals surface area contributed by atoms with E-state index in [0.717, 1.165) is 0 Å². The molecule has 3 rings (SSSR count). The lowest BCUT2D eigenvalue weighted by Crippen LogP contribution is -2.14. The summed E-state index contributed by atoms with van der Waals surface area (Å²) in [6.07, 6.45) is 0. The summed E-state index contributed by atoms with van der Waals surface area (Å²) in [5.74, 6) is 0.0374. The standard InChI is InChI=1S/C23H17Cl3O6P/c1-30-13-9-16(31-2)19(17(10-13)32-3)23(28)33(29)22-15(25)11-14(24)18(20(22)26)21(27)12-7-5-4-6-8-12/h4-11H,1-3H3/q+1. The SMILES string of the molecule is COc1cc(OC)c(C(=O)[P+](=O)c2c(Cl)cc(Cl)c(C(=O)c3ccccc3)c2Cl)c(OC)c1. The van der Waals surface area contributed by atoms with Gasteiger partial charge in [0.15, 0.2) is 11.3 Å². The first kappa shape index (κ1) is 25.0. The minimum absolute atomic E-state index is 0.0296. The molecule has 0 fully saturated rings. The summed E-state index contributed by atoms with van der Waals surface area (Å²) in [7, 11) is 1.23. The van der Waals surface area contributed by atoms with Crippen LogP contribution in [-0.4, -0.2) is 32.6 Å². The lowest BCUT2D eigenvalue weighted by molar-refractivity contribution is 0.103. The van der Waals surface area contributed by atoms with E-state index in [2.05, 4.69) is 0 Å². The van der Waals surface area contributed by atoms with Crippen molar-refractivity contribution < 1.29 is 28.4 Å². The lowest BCUT2D eigenvalue weighted by Gasteiger charge is -2.12. The zero-order valence-corrected chi connectivity index (χ0v) is 20.8. The molecule has 10 heteroatoms. The molecule has 0 aliphatic rings. The molecule has 0 bridgehead atoms. The van der Waals surface area contributed by atoms with Gasteiger partial charge in [-0.05, 0) is 6.07 Å². The third-order valence-electron chi connectivity index (χ3n) is 4.73. The van der Waals surface area contributed by atoms with Crippen LogP contribution >= 0.6 is 42.6 Å². The lowest BCUT2D eigenvalue weighted by atomic mass is 10.0. The van der Waals surface area contributed by atoms with Crippen LogP contribution in [0, 0.1) is 0 Å². The maximum Gasteiger partial charge on any atom is 0.462 e. The number of ketones is 1. The largest absolute Gasteiger partial charge is 0.496 e. The Hall–Kier alpha value is -2.63. The van der Waals surface area contributed by atoms with Crippen LogP contribution in [0.2, 0.25) is 15.1 Å². The van der Waals surface area contributed by atoms with Crippen molar-refractivity contribution in [2.75, 3.05) is 21.3 Å². The Kier molecular flexibility index (Phi) is 7.98. The van der Waals surface area contributed by atoms with Gasteiger partial charge in [0.05, 0.1) is 36.9 Å². The Morgan fingerprint density at radius 1 is 0.788 bits per heavy atom. The number of hydrogen-bond donors (Lipinski definition) is 0. The summed E-state index contributed by atoms with van der Waals surface area (Å²) in [5.41, 5.74) is -0.728. The number of hydrogen-bond acceptors (Lipinski definition) is 6. The van der Waals surface area contributed by atoms with Crippen LogP contribution in [0.15, 0.2) is 48.5 Å². The summed E-state index contributed by atoms with van der Waals surface area (Å²) >= 11 is 19.0. The van der Waals surface area contributed by atoms with Crippen molar-refractivity contribution in [1.82, 2.24) is 0 Å². The molecule has 0 spiro atoms. The van der Waals surface area contributed by atoms with Crippen molar-refractivity contribution in [3.63, 3.8) is 0 Å². The van der Waals surface area contributed by atoms with E-state index < -0.39 is 19.1 Å². The molecule has 0 saturated carbocycles. The first-order chi connectivity index (χ1) is 15.7. The number of methoxy groups -OCH3 is 3.